The number of carbonyl (C=O) groups excluding carboxylic acids is 2. The van der Waals surface area contributed by atoms with E-state index in [1.165, 1.54) is 31.4 Å². The molecule has 1 N–H and O–H groups in total. The van der Waals surface area contributed by atoms with Gasteiger partial charge in [-0.3, -0.25) is 9.59 Å². The number of carbonyl (C=O) groups is 2. The van der Waals surface area contributed by atoms with Crippen LogP contribution in [-0.2, 0) is 16.1 Å². The van der Waals surface area contributed by atoms with Crippen LogP contribution in [0, 0.1) is 23.5 Å². The largest absolute Gasteiger partial charge is 0.353 e. The van der Waals surface area contributed by atoms with E-state index in [0.29, 0.717) is 31.0 Å². The Labute approximate surface area is 196 Å². The second-order valence-corrected chi connectivity index (χ2v) is 10.1. The molecule has 33 heavy (non-hydrogen) atoms. The molecule has 1 aromatic carbocycles. The summed E-state index contributed by atoms with van der Waals surface area (Å²) >= 11 is 0. The van der Waals surface area contributed by atoms with Gasteiger partial charge in [-0.25, -0.2) is 8.78 Å². The monoisotopic (exact) mass is 463 g/mol. The smallest absolute Gasteiger partial charge is 0.226 e. The highest BCUT2D eigenvalue weighted by molar-refractivity contribution is 5.79. The summed E-state index contributed by atoms with van der Waals surface area (Å²) in [6.45, 7) is 1.29. The van der Waals surface area contributed by atoms with Crippen molar-refractivity contribution in [2.24, 2.45) is 11.8 Å². The maximum atomic E-state index is 14.2. The third kappa shape index (κ3) is 8.05. The van der Waals surface area contributed by atoms with Crippen LogP contribution in [0.4, 0.5) is 8.78 Å². The lowest BCUT2D eigenvalue weighted by Gasteiger charge is -2.33. The van der Waals surface area contributed by atoms with Crippen molar-refractivity contribution in [3.05, 3.63) is 35.4 Å². The average Bonchev–Trinajstić information content (AvgIpc) is 2.78. The Kier molecular flexibility index (Phi) is 9.65. The normalized spacial score (nSPS) is 21.7. The zero-order chi connectivity index (χ0) is 23.8. The molecular formula is C26H39F2N3O2. The van der Waals surface area contributed by atoms with Gasteiger partial charge >= 0.3 is 0 Å². The molecule has 0 aromatic heterocycles. The Morgan fingerprint density at radius 1 is 0.970 bits per heavy atom. The lowest BCUT2D eigenvalue weighted by molar-refractivity contribution is -0.137. The molecule has 0 spiro atoms. The molecule has 0 saturated heterocycles. The molecule has 0 radical (unpaired) electrons. The number of hydrogen-bond donors (Lipinski definition) is 1. The summed E-state index contributed by atoms with van der Waals surface area (Å²) in [6.07, 6.45) is 9.72. The van der Waals surface area contributed by atoms with Crippen molar-refractivity contribution in [3.63, 3.8) is 0 Å². The first-order valence-corrected chi connectivity index (χ1v) is 12.5. The Morgan fingerprint density at radius 2 is 1.67 bits per heavy atom. The van der Waals surface area contributed by atoms with Gasteiger partial charge in [0.25, 0.3) is 0 Å². The summed E-state index contributed by atoms with van der Waals surface area (Å²) in [4.78, 5) is 29.5. The minimum Gasteiger partial charge on any atom is -0.353 e. The molecule has 0 atom stereocenters. The van der Waals surface area contributed by atoms with Gasteiger partial charge in [0.1, 0.15) is 11.6 Å². The number of amides is 2. The highest BCUT2D eigenvalue weighted by Gasteiger charge is 2.31. The van der Waals surface area contributed by atoms with E-state index in [1.54, 1.807) is 4.90 Å². The molecule has 0 bridgehead atoms. The van der Waals surface area contributed by atoms with E-state index in [0.717, 1.165) is 44.6 Å². The van der Waals surface area contributed by atoms with E-state index >= 15 is 0 Å². The van der Waals surface area contributed by atoms with Crippen LogP contribution in [0.5, 0.6) is 0 Å². The Hall–Kier alpha value is -2.02. The predicted octanol–water partition coefficient (Wildman–Crippen LogP) is 4.50. The summed E-state index contributed by atoms with van der Waals surface area (Å²) in [5, 5.41) is 3.19. The number of likely N-dealkylation sites (N-methyl/N-ethyl adjacent to an activating group) is 1. The molecule has 2 amide bonds. The van der Waals surface area contributed by atoms with Gasteiger partial charge in [0.15, 0.2) is 0 Å². The van der Waals surface area contributed by atoms with Crippen LogP contribution in [0.2, 0.25) is 0 Å². The average molecular weight is 464 g/mol. The molecule has 2 saturated carbocycles. The van der Waals surface area contributed by atoms with E-state index < -0.39 is 11.6 Å². The van der Waals surface area contributed by atoms with E-state index in [2.05, 4.69) is 5.32 Å². The van der Waals surface area contributed by atoms with Crippen molar-refractivity contribution >= 4 is 11.8 Å². The van der Waals surface area contributed by atoms with E-state index in [-0.39, 0.29) is 30.3 Å². The zero-order valence-electron chi connectivity index (χ0n) is 20.1. The van der Waals surface area contributed by atoms with E-state index in [1.807, 2.05) is 19.0 Å². The highest BCUT2D eigenvalue weighted by atomic mass is 19.1. The molecular weight excluding hydrogens is 424 g/mol. The third-order valence-electron chi connectivity index (χ3n) is 7.15. The minimum atomic E-state index is -0.623. The molecule has 2 fully saturated rings. The minimum absolute atomic E-state index is 0.0209. The Bertz CT molecular complexity index is 788. The molecule has 2 aliphatic carbocycles. The summed E-state index contributed by atoms with van der Waals surface area (Å²) in [6, 6.07) is 3.65. The topological polar surface area (TPSA) is 52.6 Å². The molecule has 3 rings (SSSR count). The van der Waals surface area contributed by atoms with Gasteiger partial charge in [-0.15, -0.1) is 0 Å². The summed E-state index contributed by atoms with van der Waals surface area (Å²) in [7, 11) is 3.87. The number of benzene rings is 1. The highest BCUT2D eigenvalue weighted by Crippen LogP contribution is 2.29. The summed E-state index contributed by atoms with van der Waals surface area (Å²) < 4.78 is 27.5. The fraction of sp³-hybridized carbons (Fsp3) is 0.692. The summed E-state index contributed by atoms with van der Waals surface area (Å²) in [5.41, 5.74) is 0.326. The number of nitrogens with zero attached hydrogens (tertiary/aromatic N) is 2. The van der Waals surface area contributed by atoms with Crippen LogP contribution < -0.4 is 5.32 Å². The predicted molar refractivity (Wildman–Crippen MR) is 125 cm³/mol. The van der Waals surface area contributed by atoms with Crippen molar-refractivity contribution in [1.82, 2.24) is 15.1 Å². The maximum Gasteiger partial charge on any atom is 0.226 e. The first kappa shape index (κ1) is 25.6. The van der Waals surface area contributed by atoms with Gasteiger partial charge < -0.3 is 15.1 Å². The first-order valence-electron chi connectivity index (χ1n) is 12.5. The SMILES string of the molecule is CN(C)CCN(Cc1ccc(F)cc1F)C(=O)C1CCC(NC(=O)CC2CCCCC2)CC1. The molecule has 1 aromatic rings. The molecule has 0 aliphatic heterocycles. The van der Waals surface area contributed by atoms with Crippen molar-refractivity contribution in [1.29, 1.82) is 0 Å². The van der Waals surface area contributed by atoms with Gasteiger partial charge in [0, 0.05) is 49.6 Å². The zero-order valence-corrected chi connectivity index (χ0v) is 20.1. The fourth-order valence-electron chi connectivity index (χ4n) is 5.13. The van der Waals surface area contributed by atoms with Crippen LogP contribution >= 0.6 is 0 Å². The van der Waals surface area contributed by atoms with Crippen molar-refractivity contribution in [2.75, 3.05) is 27.2 Å². The van der Waals surface area contributed by atoms with Crippen LogP contribution in [0.15, 0.2) is 18.2 Å². The molecule has 0 unspecified atom stereocenters. The molecule has 184 valence electrons. The van der Waals surface area contributed by atoms with Crippen LogP contribution in [0.3, 0.4) is 0 Å². The molecule has 5 nitrogen and oxygen atoms in total. The Balaban J connectivity index is 1.52. The molecule has 2 aliphatic rings. The number of rotatable bonds is 9. The van der Waals surface area contributed by atoms with Gasteiger partial charge in [0.05, 0.1) is 0 Å². The van der Waals surface area contributed by atoms with E-state index in [4.69, 9.17) is 0 Å². The second kappa shape index (κ2) is 12.4. The number of hydrogen-bond acceptors (Lipinski definition) is 3. The lowest BCUT2D eigenvalue weighted by atomic mass is 9.84. The quantitative estimate of drug-likeness (QED) is 0.587. The summed E-state index contributed by atoms with van der Waals surface area (Å²) in [5.74, 6) is -0.673. The molecule has 0 heterocycles. The lowest BCUT2D eigenvalue weighted by Crippen LogP contribution is -2.44. The van der Waals surface area contributed by atoms with Gasteiger partial charge in [-0.05, 0) is 64.6 Å². The second-order valence-electron chi connectivity index (χ2n) is 10.1. The first-order chi connectivity index (χ1) is 15.8. The standard InChI is InChI=1S/C26H39F2N3O2/c1-30(2)14-15-31(18-21-8-11-22(27)17-24(21)28)26(33)20-9-12-23(13-10-20)29-25(32)16-19-6-4-3-5-7-19/h8,11,17,19-20,23H,3-7,9-10,12-16,18H2,1-2H3,(H,29,32). The van der Waals surface area contributed by atoms with E-state index in [9.17, 15) is 18.4 Å². The van der Waals surface area contributed by atoms with Crippen molar-refractivity contribution in [3.8, 4) is 0 Å². The van der Waals surface area contributed by atoms with Crippen LogP contribution in [0.1, 0.15) is 69.8 Å². The third-order valence-corrected chi connectivity index (χ3v) is 7.15. The van der Waals surface area contributed by atoms with Gasteiger partial charge in [0.2, 0.25) is 11.8 Å². The van der Waals surface area contributed by atoms with Gasteiger partial charge in [-0.2, -0.15) is 0 Å². The molecule has 7 heteroatoms. The maximum absolute atomic E-state index is 14.2. The number of nitrogens with one attached hydrogen (secondary N) is 1. The van der Waals surface area contributed by atoms with Crippen LogP contribution in [0.25, 0.3) is 0 Å². The van der Waals surface area contributed by atoms with Crippen molar-refractivity contribution in [2.45, 2.75) is 76.8 Å². The fourth-order valence-corrected chi connectivity index (χ4v) is 5.13. The Morgan fingerprint density at radius 3 is 2.30 bits per heavy atom. The number of halogens is 2. The van der Waals surface area contributed by atoms with Gasteiger partial charge in [-0.1, -0.05) is 25.3 Å². The van der Waals surface area contributed by atoms with Crippen molar-refractivity contribution < 1.29 is 18.4 Å². The van der Waals surface area contributed by atoms with Crippen LogP contribution in [-0.4, -0.2) is 54.8 Å².